The molecule has 0 spiro atoms. The highest BCUT2D eigenvalue weighted by molar-refractivity contribution is 5.98. The molecule has 5 heteroatoms. The van der Waals surface area contributed by atoms with Crippen LogP contribution in [0.3, 0.4) is 0 Å². The monoisotopic (exact) mass is 300 g/mol. The predicted molar refractivity (Wildman–Crippen MR) is 80.0 cm³/mol. The number of rotatable bonds is 5. The quantitative estimate of drug-likeness (QED) is 0.368. The highest BCUT2D eigenvalue weighted by Crippen LogP contribution is 2.29. The Labute approximate surface area is 129 Å². The van der Waals surface area contributed by atoms with Crippen molar-refractivity contribution in [3.8, 4) is 11.5 Å². The van der Waals surface area contributed by atoms with Gasteiger partial charge in [-0.15, -0.1) is 0 Å². The van der Waals surface area contributed by atoms with Crippen LogP contribution in [0.15, 0.2) is 48.8 Å². The van der Waals surface area contributed by atoms with Crippen LogP contribution in [0.25, 0.3) is 0 Å². The van der Waals surface area contributed by atoms with Crippen molar-refractivity contribution in [2.24, 2.45) is 0 Å². The van der Waals surface area contributed by atoms with Crippen molar-refractivity contribution in [3.63, 3.8) is 0 Å². The number of ether oxygens (including phenoxy) is 2. The second kappa shape index (κ2) is 6.85. The smallest absolute Gasteiger partial charge is 0.308 e. The van der Waals surface area contributed by atoms with E-state index in [1.165, 1.54) is 14.0 Å². The summed E-state index contributed by atoms with van der Waals surface area (Å²) in [6, 6.07) is 10.1. The van der Waals surface area contributed by atoms with Crippen LogP contribution in [0.5, 0.6) is 11.5 Å². The third-order valence-electron chi connectivity index (χ3n) is 3.27. The molecule has 0 fully saturated rings. The molecule has 0 unspecified atom stereocenters. The number of carbonyl (C=O) groups excluding carboxylic acids is 2. The first-order chi connectivity index (χ1) is 10.5. The first-order valence-corrected chi connectivity index (χ1v) is 6.89. The predicted octanol–water partition coefficient (Wildman–Crippen LogP) is 2.35. The molecule has 0 radical (unpaired) electrons. The second-order valence-corrected chi connectivity index (χ2v) is 4.82. The van der Waals surface area contributed by atoms with E-state index < -0.39 is 5.97 Å². The molecule has 5 nitrogen and oxygen atoms in total. The number of hydrogen-bond donors (Lipinski definition) is 0. The zero-order chi connectivity index (χ0) is 16.1. The number of nitrogens with zero attached hydrogens (tertiary/aromatic N) is 1. The van der Waals surface area contributed by atoms with E-state index in [1.807, 2.05) is 42.1 Å². The van der Waals surface area contributed by atoms with E-state index >= 15 is 0 Å². The molecular weight excluding hydrogens is 282 g/mol. The Bertz CT molecular complexity index is 682. The Hall–Kier alpha value is -2.69. The Kier molecular flexibility index (Phi) is 4.88. The molecule has 0 amide bonds. The normalized spacial score (nSPS) is 11.6. The zero-order valence-corrected chi connectivity index (χ0v) is 12.8. The Morgan fingerprint density at radius 3 is 2.36 bits per heavy atom. The SMILES string of the molecule is COc1cc(C(=O)[C@H](C)[n+]2ccccc2)ccc1OC(C)=O. The fourth-order valence-electron chi connectivity index (χ4n) is 2.11. The number of carbonyl (C=O) groups is 2. The standard InChI is InChI=1S/C17H18NO4/c1-12(18-9-5-4-6-10-18)17(20)14-7-8-15(22-13(2)19)16(11-14)21-3/h4-12H,1-3H3/q+1/t12-/m0/s1. The van der Waals surface area contributed by atoms with E-state index in [9.17, 15) is 9.59 Å². The first kappa shape index (κ1) is 15.7. The number of hydrogen-bond acceptors (Lipinski definition) is 4. The summed E-state index contributed by atoms with van der Waals surface area (Å²) in [6.07, 6.45) is 3.68. The van der Waals surface area contributed by atoms with Gasteiger partial charge in [-0.1, -0.05) is 6.07 Å². The average Bonchev–Trinajstić information content (AvgIpc) is 2.54. The van der Waals surface area contributed by atoms with Crippen LogP contribution in [0.1, 0.15) is 30.2 Å². The van der Waals surface area contributed by atoms with Crippen molar-refractivity contribution in [1.82, 2.24) is 0 Å². The summed E-state index contributed by atoms with van der Waals surface area (Å²) in [7, 11) is 1.46. The zero-order valence-electron chi connectivity index (χ0n) is 12.8. The van der Waals surface area contributed by atoms with Gasteiger partial charge < -0.3 is 9.47 Å². The Morgan fingerprint density at radius 2 is 1.77 bits per heavy atom. The lowest BCUT2D eigenvalue weighted by Gasteiger charge is -2.11. The Balaban J connectivity index is 2.28. The minimum absolute atomic E-state index is 0.0520. The topological polar surface area (TPSA) is 56.5 Å². The van der Waals surface area contributed by atoms with E-state index in [4.69, 9.17) is 9.47 Å². The van der Waals surface area contributed by atoms with Gasteiger partial charge in [-0.25, -0.2) is 0 Å². The maximum atomic E-state index is 12.6. The molecule has 0 saturated heterocycles. The lowest BCUT2D eigenvalue weighted by Crippen LogP contribution is -2.41. The van der Waals surface area contributed by atoms with Crippen LogP contribution in [-0.2, 0) is 4.79 Å². The van der Waals surface area contributed by atoms with Crippen molar-refractivity contribution in [1.29, 1.82) is 0 Å². The van der Waals surface area contributed by atoms with Gasteiger partial charge in [-0.3, -0.25) is 9.59 Å². The summed E-state index contributed by atoms with van der Waals surface area (Å²) < 4.78 is 12.1. The largest absolute Gasteiger partial charge is 0.493 e. The van der Waals surface area contributed by atoms with Crippen LogP contribution >= 0.6 is 0 Å². The third-order valence-corrected chi connectivity index (χ3v) is 3.27. The van der Waals surface area contributed by atoms with Crippen LogP contribution in [0.4, 0.5) is 0 Å². The van der Waals surface area contributed by atoms with Crippen LogP contribution in [0, 0.1) is 0 Å². The third kappa shape index (κ3) is 3.49. The maximum absolute atomic E-state index is 12.6. The van der Waals surface area contributed by atoms with Crippen molar-refractivity contribution < 1.29 is 23.6 Å². The van der Waals surface area contributed by atoms with E-state index in [0.29, 0.717) is 17.1 Å². The van der Waals surface area contributed by atoms with Gasteiger partial charge >= 0.3 is 5.97 Å². The Morgan fingerprint density at radius 1 is 1.09 bits per heavy atom. The van der Waals surface area contributed by atoms with Gasteiger partial charge in [-0.05, 0) is 18.2 Å². The van der Waals surface area contributed by atoms with Crippen molar-refractivity contribution in [2.75, 3.05) is 7.11 Å². The van der Waals surface area contributed by atoms with E-state index in [-0.39, 0.29) is 11.8 Å². The van der Waals surface area contributed by atoms with E-state index in [2.05, 4.69) is 0 Å². The molecule has 2 rings (SSSR count). The highest BCUT2D eigenvalue weighted by Gasteiger charge is 2.24. The fourth-order valence-corrected chi connectivity index (χ4v) is 2.11. The summed E-state index contributed by atoms with van der Waals surface area (Å²) in [6.45, 7) is 3.14. The number of benzene rings is 1. The van der Waals surface area contributed by atoms with Gasteiger partial charge in [0.2, 0.25) is 11.8 Å². The molecule has 114 valence electrons. The minimum Gasteiger partial charge on any atom is -0.493 e. The van der Waals surface area contributed by atoms with Crippen LogP contribution < -0.4 is 14.0 Å². The molecule has 22 heavy (non-hydrogen) atoms. The molecule has 2 aromatic rings. The first-order valence-electron chi connectivity index (χ1n) is 6.89. The van der Waals surface area contributed by atoms with Gasteiger partial charge in [0.25, 0.3) is 0 Å². The average molecular weight is 300 g/mol. The van der Waals surface area contributed by atoms with Crippen molar-refractivity contribution in [3.05, 3.63) is 54.4 Å². The van der Waals surface area contributed by atoms with Crippen molar-refractivity contribution >= 4 is 11.8 Å². The number of pyridine rings is 1. The number of methoxy groups -OCH3 is 1. The van der Waals surface area contributed by atoms with Gasteiger partial charge in [0.05, 0.1) is 7.11 Å². The summed E-state index contributed by atoms with van der Waals surface area (Å²) in [5.74, 6) is 0.160. The molecule has 0 aliphatic heterocycles. The number of ketones is 1. The van der Waals surface area contributed by atoms with Crippen molar-refractivity contribution in [2.45, 2.75) is 19.9 Å². The lowest BCUT2D eigenvalue weighted by molar-refractivity contribution is -0.704. The van der Waals surface area contributed by atoms with E-state index in [1.54, 1.807) is 18.2 Å². The summed E-state index contributed by atoms with van der Waals surface area (Å²) in [5.41, 5.74) is 0.497. The van der Waals surface area contributed by atoms with Crippen LogP contribution in [-0.4, -0.2) is 18.9 Å². The summed E-state index contributed by atoms with van der Waals surface area (Å²) in [4.78, 5) is 23.6. The second-order valence-electron chi connectivity index (χ2n) is 4.82. The summed E-state index contributed by atoms with van der Waals surface area (Å²) >= 11 is 0. The number of Topliss-reactive ketones (excluding diaryl/α,β-unsaturated/α-hetero) is 1. The summed E-state index contributed by atoms with van der Waals surface area (Å²) in [5, 5.41) is 0. The van der Waals surface area contributed by atoms with Gasteiger partial charge in [0.15, 0.2) is 23.9 Å². The number of esters is 1. The lowest BCUT2D eigenvalue weighted by atomic mass is 10.0. The molecule has 1 aromatic carbocycles. The minimum atomic E-state index is -0.439. The molecule has 1 aromatic heterocycles. The molecule has 0 saturated carbocycles. The van der Waals surface area contributed by atoms with Crippen LogP contribution in [0.2, 0.25) is 0 Å². The molecule has 0 aliphatic rings. The van der Waals surface area contributed by atoms with Gasteiger partial charge in [0, 0.05) is 31.5 Å². The molecular formula is C17H18NO4+. The fraction of sp³-hybridized carbons (Fsp3) is 0.235. The highest BCUT2D eigenvalue weighted by atomic mass is 16.6. The van der Waals surface area contributed by atoms with E-state index in [0.717, 1.165) is 0 Å². The van der Waals surface area contributed by atoms with Gasteiger partial charge in [0.1, 0.15) is 0 Å². The molecule has 0 aliphatic carbocycles. The molecule has 1 heterocycles. The molecule has 1 atom stereocenters. The van der Waals surface area contributed by atoms with Gasteiger partial charge in [-0.2, -0.15) is 4.57 Å². The molecule has 0 N–H and O–H groups in total. The maximum Gasteiger partial charge on any atom is 0.308 e. The number of aromatic nitrogens is 1. The molecule has 0 bridgehead atoms.